The highest BCUT2D eigenvalue weighted by atomic mass is 35.5. The Morgan fingerprint density at radius 1 is 0.781 bits per heavy atom. The predicted molar refractivity (Wildman–Crippen MR) is 126 cm³/mol. The zero-order chi connectivity index (χ0) is 23.0. The van der Waals surface area contributed by atoms with E-state index in [1.54, 1.807) is 31.3 Å². The maximum atomic E-state index is 13.3. The van der Waals surface area contributed by atoms with Gasteiger partial charge in [0.25, 0.3) is 5.91 Å². The maximum Gasteiger partial charge on any atom is 0.271 e. The Kier molecular flexibility index (Phi) is 6.02. The minimum Gasteiger partial charge on any atom is -0.493 e. The van der Waals surface area contributed by atoms with Gasteiger partial charge in [-0.1, -0.05) is 23.7 Å². The number of ether oxygens (including phenoxy) is 3. The number of amides is 1. The number of halogens is 1. The summed E-state index contributed by atoms with van der Waals surface area (Å²) in [4.78, 5) is 15.1. The summed E-state index contributed by atoms with van der Waals surface area (Å²) in [6.45, 7) is 6.01. The van der Waals surface area contributed by atoms with Crippen LogP contribution in [0.15, 0.2) is 54.6 Å². The minimum absolute atomic E-state index is 0.0950. The summed E-state index contributed by atoms with van der Waals surface area (Å²) >= 11 is 6.09. The molecule has 166 valence electrons. The van der Waals surface area contributed by atoms with Crippen LogP contribution in [0.1, 0.15) is 28.3 Å². The van der Waals surface area contributed by atoms with Gasteiger partial charge in [0.1, 0.15) is 11.8 Å². The molecule has 0 radical (unpaired) electrons. The lowest BCUT2D eigenvalue weighted by molar-refractivity contribution is -0.135. The molecular weight excluding hydrogens is 426 g/mol. The van der Waals surface area contributed by atoms with Gasteiger partial charge in [0.2, 0.25) is 6.10 Å². The van der Waals surface area contributed by atoms with Gasteiger partial charge < -0.3 is 14.2 Å². The number of rotatable bonds is 6. The van der Waals surface area contributed by atoms with Crippen LogP contribution in [0.25, 0.3) is 0 Å². The summed E-state index contributed by atoms with van der Waals surface area (Å²) in [7, 11) is 3.20. The third kappa shape index (κ3) is 3.89. The summed E-state index contributed by atoms with van der Waals surface area (Å²) in [5, 5.41) is 0.628. The van der Waals surface area contributed by atoms with Crippen LogP contribution in [-0.4, -0.2) is 26.2 Å². The lowest BCUT2D eigenvalue weighted by Crippen LogP contribution is -2.61. The Morgan fingerprint density at radius 2 is 1.50 bits per heavy atom. The molecule has 0 unspecified atom stereocenters. The molecule has 0 spiro atoms. The van der Waals surface area contributed by atoms with Crippen LogP contribution in [0.5, 0.6) is 17.2 Å². The van der Waals surface area contributed by atoms with Crippen LogP contribution in [0.2, 0.25) is 5.02 Å². The number of aryl methyl sites for hydroxylation is 3. The van der Waals surface area contributed by atoms with Crippen LogP contribution in [0.3, 0.4) is 0 Å². The molecule has 0 aliphatic carbocycles. The Bertz CT molecular complexity index is 1180. The molecule has 4 rings (SSSR count). The van der Waals surface area contributed by atoms with Crippen LogP contribution < -0.4 is 19.1 Å². The van der Waals surface area contributed by atoms with E-state index in [4.69, 9.17) is 25.8 Å². The Labute approximate surface area is 193 Å². The van der Waals surface area contributed by atoms with Crippen molar-refractivity contribution in [1.29, 1.82) is 0 Å². The van der Waals surface area contributed by atoms with Gasteiger partial charge in [0, 0.05) is 10.7 Å². The van der Waals surface area contributed by atoms with Crippen LogP contribution in [0.4, 0.5) is 5.69 Å². The largest absolute Gasteiger partial charge is 0.493 e. The molecule has 1 saturated heterocycles. The fourth-order valence-electron chi connectivity index (χ4n) is 3.98. The zero-order valence-corrected chi connectivity index (χ0v) is 19.6. The van der Waals surface area contributed by atoms with Crippen molar-refractivity contribution in [2.75, 3.05) is 19.1 Å². The van der Waals surface area contributed by atoms with Crippen LogP contribution in [-0.2, 0) is 4.79 Å². The first-order valence-corrected chi connectivity index (χ1v) is 10.8. The predicted octanol–water partition coefficient (Wildman–Crippen LogP) is 5.82. The van der Waals surface area contributed by atoms with Crippen molar-refractivity contribution in [3.63, 3.8) is 0 Å². The molecule has 1 aliphatic rings. The maximum absolute atomic E-state index is 13.3. The smallest absolute Gasteiger partial charge is 0.271 e. The fraction of sp³-hybridized carbons (Fsp3) is 0.269. The number of β-lactam (4-membered cyclic amide) rings is 1. The molecule has 5 nitrogen and oxygen atoms in total. The zero-order valence-electron chi connectivity index (χ0n) is 18.8. The highest BCUT2D eigenvalue weighted by Crippen LogP contribution is 2.44. The number of methoxy groups -OCH3 is 2. The third-order valence-electron chi connectivity index (χ3n) is 5.95. The molecule has 0 aromatic heterocycles. The van der Waals surface area contributed by atoms with E-state index in [1.165, 1.54) is 5.56 Å². The van der Waals surface area contributed by atoms with Crippen molar-refractivity contribution >= 4 is 23.2 Å². The van der Waals surface area contributed by atoms with E-state index in [0.29, 0.717) is 22.3 Å². The van der Waals surface area contributed by atoms with Gasteiger partial charge in [-0.15, -0.1) is 0 Å². The van der Waals surface area contributed by atoms with Gasteiger partial charge in [-0.25, -0.2) is 0 Å². The average Bonchev–Trinajstić information content (AvgIpc) is 2.78. The second-order valence-corrected chi connectivity index (χ2v) is 8.42. The van der Waals surface area contributed by atoms with E-state index in [0.717, 1.165) is 22.4 Å². The number of hydrogen-bond donors (Lipinski definition) is 0. The van der Waals surface area contributed by atoms with E-state index >= 15 is 0 Å². The SMILES string of the molecule is COc1ccc([C@@H]2[C@@H](Oc3ccc(Cl)cc3C)C(=O)N2c2ccc(C)c(C)c2)cc1OC. The highest BCUT2D eigenvalue weighted by molar-refractivity contribution is 6.30. The molecule has 0 bridgehead atoms. The lowest BCUT2D eigenvalue weighted by atomic mass is 9.89. The van der Waals surface area contributed by atoms with Gasteiger partial charge in [0.15, 0.2) is 11.5 Å². The molecule has 6 heteroatoms. The summed E-state index contributed by atoms with van der Waals surface area (Å²) in [6, 6.07) is 16.8. The van der Waals surface area contributed by atoms with Crippen molar-refractivity contribution in [1.82, 2.24) is 0 Å². The van der Waals surface area contributed by atoms with E-state index in [1.807, 2.05) is 56.3 Å². The molecule has 32 heavy (non-hydrogen) atoms. The summed E-state index contributed by atoms with van der Waals surface area (Å²) < 4.78 is 17.1. The van der Waals surface area contributed by atoms with Gasteiger partial charge in [-0.05, 0) is 85.5 Å². The van der Waals surface area contributed by atoms with Gasteiger partial charge in [-0.3, -0.25) is 9.69 Å². The molecule has 1 heterocycles. The van der Waals surface area contributed by atoms with E-state index < -0.39 is 6.10 Å². The molecule has 3 aromatic carbocycles. The molecule has 1 fully saturated rings. The van der Waals surface area contributed by atoms with E-state index in [2.05, 4.69) is 6.92 Å². The monoisotopic (exact) mass is 451 g/mol. The van der Waals surface area contributed by atoms with Gasteiger partial charge in [-0.2, -0.15) is 0 Å². The molecule has 2 atom stereocenters. The van der Waals surface area contributed by atoms with Gasteiger partial charge in [0.05, 0.1) is 14.2 Å². The average molecular weight is 452 g/mol. The number of anilines is 1. The normalized spacial score (nSPS) is 17.7. The Balaban J connectivity index is 1.76. The van der Waals surface area contributed by atoms with Crippen molar-refractivity contribution in [2.45, 2.75) is 32.9 Å². The third-order valence-corrected chi connectivity index (χ3v) is 6.19. The second kappa shape index (κ2) is 8.75. The molecular formula is C26H26ClNO4. The summed E-state index contributed by atoms with van der Waals surface area (Å²) in [5.41, 5.74) is 4.91. The number of hydrogen-bond acceptors (Lipinski definition) is 4. The number of benzene rings is 3. The fourth-order valence-corrected chi connectivity index (χ4v) is 4.21. The first kappa shape index (κ1) is 22.0. The summed E-state index contributed by atoms with van der Waals surface area (Å²) in [5.74, 6) is 1.77. The molecule has 1 aliphatic heterocycles. The Hall–Kier alpha value is -3.18. The summed E-state index contributed by atoms with van der Waals surface area (Å²) in [6.07, 6.45) is -0.672. The number of carbonyl (C=O) groups is 1. The Morgan fingerprint density at radius 3 is 2.16 bits per heavy atom. The second-order valence-electron chi connectivity index (χ2n) is 7.98. The quantitative estimate of drug-likeness (QED) is 0.443. The lowest BCUT2D eigenvalue weighted by Gasteiger charge is -2.47. The van der Waals surface area contributed by atoms with Crippen molar-refractivity contribution in [2.24, 2.45) is 0 Å². The van der Waals surface area contributed by atoms with Crippen molar-refractivity contribution < 1.29 is 19.0 Å². The molecule has 0 N–H and O–H groups in total. The van der Waals surface area contributed by atoms with E-state index in [9.17, 15) is 4.79 Å². The molecule has 3 aromatic rings. The number of nitrogens with zero attached hydrogens (tertiary/aromatic N) is 1. The topological polar surface area (TPSA) is 48.0 Å². The van der Waals surface area contributed by atoms with E-state index in [-0.39, 0.29) is 11.9 Å². The number of carbonyl (C=O) groups excluding carboxylic acids is 1. The highest BCUT2D eigenvalue weighted by Gasteiger charge is 2.51. The van der Waals surface area contributed by atoms with Gasteiger partial charge >= 0.3 is 0 Å². The molecule has 0 saturated carbocycles. The van der Waals surface area contributed by atoms with Crippen molar-refractivity contribution in [3.8, 4) is 17.2 Å². The van der Waals surface area contributed by atoms with Crippen LogP contribution in [0, 0.1) is 20.8 Å². The standard InChI is InChI=1S/C26H26ClNO4/c1-15-6-9-20(13-16(15)2)28-24(18-7-10-22(30-4)23(14-18)31-5)25(26(28)29)32-21-11-8-19(27)12-17(21)3/h6-14,24-25H,1-5H3/t24-,25-/m1/s1. The van der Waals surface area contributed by atoms with Crippen LogP contribution >= 0.6 is 11.6 Å². The minimum atomic E-state index is -0.672. The first-order chi connectivity index (χ1) is 15.3. The first-order valence-electron chi connectivity index (χ1n) is 10.4. The van der Waals surface area contributed by atoms with Crippen molar-refractivity contribution in [3.05, 3.63) is 81.9 Å². The molecule has 1 amide bonds.